The Bertz CT molecular complexity index is 1110. The molecular formula is C25H34N6O3. The fourth-order valence-electron chi connectivity index (χ4n) is 4.41. The van der Waals surface area contributed by atoms with E-state index >= 15 is 0 Å². The Morgan fingerprint density at radius 3 is 2.94 bits per heavy atom. The van der Waals surface area contributed by atoms with Crippen LogP contribution in [0.15, 0.2) is 30.6 Å². The second-order valence-electron chi connectivity index (χ2n) is 8.83. The van der Waals surface area contributed by atoms with Crippen molar-refractivity contribution in [1.82, 2.24) is 29.8 Å². The van der Waals surface area contributed by atoms with E-state index in [2.05, 4.69) is 32.3 Å². The van der Waals surface area contributed by atoms with Crippen LogP contribution >= 0.6 is 0 Å². The van der Waals surface area contributed by atoms with Gasteiger partial charge in [-0.15, -0.1) is 0 Å². The molecule has 9 heteroatoms. The molecule has 1 aromatic carbocycles. The Kier molecular flexibility index (Phi) is 8.08. The van der Waals surface area contributed by atoms with Gasteiger partial charge in [0.2, 0.25) is 5.91 Å². The topological polar surface area (TPSA) is 93.9 Å². The average Bonchev–Trinajstić information content (AvgIpc) is 3.32. The molecule has 1 aliphatic heterocycles. The Morgan fingerprint density at radius 2 is 2.12 bits per heavy atom. The van der Waals surface area contributed by atoms with Gasteiger partial charge >= 0.3 is 0 Å². The molecule has 34 heavy (non-hydrogen) atoms. The number of amides is 1. The maximum atomic E-state index is 12.5. The lowest BCUT2D eigenvalue weighted by Crippen LogP contribution is -2.38. The highest BCUT2D eigenvalue weighted by molar-refractivity contribution is 5.76. The number of nitrogens with one attached hydrogen (secondary N) is 1. The van der Waals surface area contributed by atoms with Crippen LogP contribution < -0.4 is 10.1 Å². The standard InChI is InChI=1S/C25H34N6O3/c1-18-23(19(2)31-25(29-18)27-17-28-31)7-8-24(32)26-16-20-5-4-6-22(15-20)34-14-11-30(3)21-9-12-33-13-10-21/h4-6,15,17,21H,7-14,16H2,1-3H3,(H,26,32). The summed E-state index contributed by atoms with van der Waals surface area (Å²) in [5.41, 5.74) is 3.91. The summed E-state index contributed by atoms with van der Waals surface area (Å²) in [5.74, 6) is 1.41. The number of likely N-dealkylation sites (N-methyl/N-ethyl adjacent to an activating group) is 1. The van der Waals surface area contributed by atoms with Crippen LogP contribution in [-0.2, 0) is 22.5 Å². The molecule has 9 nitrogen and oxygen atoms in total. The number of carbonyl (C=O) groups is 1. The van der Waals surface area contributed by atoms with Gasteiger partial charge in [0, 0.05) is 50.2 Å². The molecule has 1 saturated heterocycles. The molecule has 0 bridgehead atoms. The number of ether oxygens (including phenoxy) is 2. The number of aryl methyl sites for hydroxylation is 2. The zero-order chi connectivity index (χ0) is 23.9. The number of benzene rings is 1. The van der Waals surface area contributed by atoms with E-state index in [9.17, 15) is 4.79 Å². The quantitative estimate of drug-likeness (QED) is 0.491. The lowest BCUT2D eigenvalue weighted by atomic mass is 10.1. The van der Waals surface area contributed by atoms with Crippen molar-refractivity contribution in [3.63, 3.8) is 0 Å². The van der Waals surface area contributed by atoms with Crippen LogP contribution in [0.3, 0.4) is 0 Å². The Labute approximate surface area is 200 Å². The van der Waals surface area contributed by atoms with E-state index < -0.39 is 0 Å². The van der Waals surface area contributed by atoms with Gasteiger partial charge in [-0.05, 0) is 63.4 Å². The Morgan fingerprint density at radius 1 is 1.29 bits per heavy atom. The first-order chi connectivity index (χ1) is 16.5. The second-order valence-corrected chi connectivity index (χ2v) is 8.83. The molecule has 0 atom stereocenters. The normalized spacial score (nSPS) is 14.6. The van der Waals surface area contributed by atoms with Crippen molar-refractivity contribution in [2.75, 3.05) is 33.4 Å². The number of hydrogen-bond donors (Lipinski definition) is 1. The van der Waals surface area contributed by atoms with E-state index in [0.29, 0.717) is 37.8 Å². The smallest absolute Gasteiger partial charge is 0.252 e. The van der Waals surface area contributed by atoms with Gasteiger partial charge in [0.05, 0.1) is 0 Å². The van der Waals surface area contributed by atoms with E-state index in [1.165, 1.54) is 6.33 Å². The van der Waals surface area contributed by atoms with Gasteiger partial charge in [-0.25, -0.2) is 9.50 Å². The molecule has 0 spiro atoms. The molecule has 182 valence electrons. The lowest BCUT2D eigenvalue weighted by molar-refractivity contribution is -0.121. The van der Waals surface area contributed by atoms with Crippen molar-refractivity contribution in [2.24, 2.45) is 0 Å². The van der Waals surface area contributed by atoms with Gasteiger partial charge in [-0.1, -0.05) is 12.1 Å². The molecule has 0 radical (unpaired) electrons. The van der Waals surface area contributed by atoms with Crippen LogP contribution in [-0.4, -0.2) is 69.8 Å². The van der Waals surface area contributed by atoms with Crippen molar-refractivity contribution in [2.45, 2.75) is 52.1 Å². The van der Waals surface area contributed by atoms with Gasteiger partial charge in [-0.3, -0.25) is 9.69 Å². The van der Waals surface area contributed by atoms with Crippen molar-refractivity contribution in [3.05, 3.63) is 53.1 Å². The fourth-order valence-corrected chi connectivity index (χ4v) is 4.41. The van der Waals surface area contributed by atoms with Crippen LogP contribution in [0.1, 0.15) is 41.8 Å². The number of fused-ring (bicyclic) bond motifs is 1. The highest BCUT2D eigenvalue weighted by Crippen LogP contribution is 2.17. The van der Waals surface area contributed by atoms with Crippen molar-refractivity contribution >= 4 is 11.7 Å². The summed E-state index contributed by atoms with van der Waals surface area (Å²) >= 11 is 0. The first-order valence-corrected chi connectivity index (χ1v) is 11.9. The minimum absolute atomic E-state index is 0.00175. The molecule has 0 saturated carbocycles. The molecule has 4 rings (SSSR count). The summed E-state index contributed by atoms with van der Waals surface area (Å²) in [5, 5.41) is 7.22. The maximum absolute atomic E-state index is 12.5. The van der Waals surface area contributed by atoms with Crippen LogP contribution in [0.5, 0.6) is 5.75 Å². The monoisotopic (exact) mass is 466 g/mol. The van der Waals surface area contributed by atoms with Crippen LogP contribution in [0.4, 0.5) is 0 Å². The summed E-state index contributed by atoms with van der Waals surface area (Å²) < 4.78 is 13.1. The van der Waals surface area contributed by atoms with Gasteiger partial charge in [0.25, 0.3) is 5.78 Å². The van der Waals surface area contributed by atoms with Gasteiger partial charge < -0.3 is 14.8 Å². The average molecular weight is 467 g/mol. The lowest BCUT2D eigenvalue weighted by Gasteiger charge is -2.31. The third kappa shape index (κ3) is 6.09. The molecule has 3 heterocycles. The molecule has 0 aliphatic carbocycles. The minimum Gasteiger partial charge on any atom is -0.492 e. The summed E-state index contributed by atoms with van der Waals surface area (Å²) in [7, 11) is 2.15. The zero-order valence-corrected chi connectivity index (χ0v) is 20.3. The number of aromatic nitrogens is 4. The summed E-state index contributed by atoms with van der Waals surface area (Å²) in [6, 6.07) is 8.48. The van der Waals surface area contributed by atoms with Crippen LogP contribution in [0.25, 0.3) is 5.78 Å². The molecule has 1 aliphatic rings. The number of rotatable bonds is 10. The fraction of sp³-hybridized carbons (Fsp3) is 0.520. The van der Waals surface area contributed by atoms with Gasteiger partial charge in [0.15, 0.2) is 0 Å². The Hall–Kier alpha value is -3.04. The van der Waals surface area contributed by atoms with Crippen molar-refractivity contribution < 1.29 is 14.3 Å². The zero-order valence-electron chi connectivity index (χ0n) is 20.3. The molecule has 1 fully saturated rings. The second kappa shape index (κ2) is 11.4. The summed E-state index contributed by atoms with van der Waals surface area (Å²) in [6.45, 7) is 7.59. The summed E-state index contributed by atoms with van der Waals surface area (Å²) in [4.78, 5) is 23.5. The first kappa shape index (κ1) is 24.1. The predicted molar refractivity (Wildman–Crippen MR) is 129 cm³/mol. The molecule has 1 N–H and O–H groups in total. The molecule has 3 aromatic rings. The third-order valence-corrected chi connectivity index (χ3v) is 6.51. The summed E-state index contributed by atoms with van der Waals surface area (Å²) in [6.07, 6.45) is 4.65. The SMILES string of the molecule is Cc1nc2ncnn2c(C)c1CCC(=O)NCc1cccc(OCCN(C)C2CCOCC2)c1. The molecule has 0 unspecified atom stereocenters. The number of carbonyl (C=O) groups excluding carboxylic acids is 1. The van der Waals surface area contributed by atoms with Gasteiger partial charge in [0.1, 0.15) is 18.7 Å². The first-order valence-electron chi connectivity index (χ1n) is 11.9. The molecular weight excluding hydrogens is 432 g/mol. The number of hydrogen-bond acceptors (Lipinski definition) is 7. The number of nitrogens with zero attached hydrogens (tertiary/aromatic N) is 5. The van der Waals surface area contributed by atoms with E-state index in [0.717, 1.165) is 60.9 Å². The van der Waals surface area contributed by atoms with E-state index in [4.69, 9.17) is 9.47 Å². The van der Waals surface area contributed by atoms with Crippen molar-refractivity contribution in [1.29, 1.82) is 0 Å². The van der Waals surface area contributed by atoms with Crippen LogP contribution in [0, 0.1) is 13.8 Å². The Balaban J connectivity index is 1.22. The van der Waals surface area contributed by atoms with E-state index in [1.807, 2.05) is 38.1 Å². The third-order valence-electron chi connectivity index (χ3n) is 6.51. The van der Waals surface area contributed by atoms with E-state index in [1.54, 1.807) is 4.52 Å². The molecule has 1 amide bonds. The van der Waals surface area contributed by atoms with Crippen molar-refractivity contribution in [3.8, 4) is 5.75 Å². The maximum Gasteiger partial charge on any atom is 0.252 e. The molecule has 2 aromatic heterocycles. The largest absolute Gasteiger partial charge is 0.492 e. The van der Waals surface area contributed by atoms with Crippen LogP contribution in [0.2, 0.25) is 0 Å². The minimum atomic E-state index is 0.00175. The highest BCUT2D eigenvalue weighted by atomic mass is 16.5. The predicted octanol–water partition coefficient (Wildman–Crippen LogP) is 2.48. The highest BCUT2D eigenvalue weighted by Gasteiger charge is 2.18. The van der Waals surface area contributed by atoms with E-state index in [-0.39, 0.29) is 5.91 Å². The van der Waals surface area contributed by atoms with Gasteiger partial charge in [-0.2, -0.15) is 10.1 Å².